The van der Waals surface area contributed by atoms with E-state index in [4.69, 9.17) is 4.42 Å². The molecule has 0 aliphatic heterocycles. The Hall–Kier alpha value is -9.18. The van der Waals surface area contributed by atoms with Crippen LogP contribution < -0.4 is 9.80 Å². The van der Waals surface area contributed by atoms with Gasteiger partial charge in [-0.2, -0.15) is 0 Å². The van der Waals surface area contributed by atoms with Crippen molar-refractivity contribution < 1.29 is 4.42 Å². The predicted octanol–water partition coefficient (Wildman–Crippen LogP) is 18.9. The first-order chi connectivity index (χ1) is 34.2. The fraction of sp³-hybridized carbons (Fsp3) is 0. The highest BCUT2D eigenvalue weighted by Crippen LogP contribution is 2.45. The number of para-hydroxylation sites is 3. The van der Waals surface area contributed by atoms with Crippen molar-refractivity contribution >= 4 is 56.1 Å². The monoisotopic (exact) mass is 882 g/mol. The molecule has 0 N–H and O–H groups in total. The van der Waals surface area contributed by atoms with E-state index in [1.807, 2.05) is 12.1 Å². The summed E-state index contributed by atoms with van der Waals surface area (Å²) < 4.78 is 6.47. The molecule has 0 fully saturated rings. The minimum atomic E-state index is 0.896. The normalized spacial score (nSPS) is 11.2. The highest BCUT2D eigenvalue weighted by Gasteiger charge is 2.20. The molecule has 0 radical (unpaired) electrons. The van der Waals surface area contributed by atoms with E-state index < -0.39 is 0 Å². The number of anilines is 6. The topological polar surface area (TPSA) is 19.6 Å². The third kappa shape index (κ3) is 8.13. The second-order valence-electron chi connectivity index (χ2n) is 17.3. The van der Waals surface area contributed by atoms with Gasteiger partial charge < -0.3 is 14.2 Å². The van der Waals surface area contributed by atoms with Crippen LogP contribution in [-0.4, -0.2) is 0 Å². The highest BCUT2D eigenvalue weighted by molar-refractivity contribution is 6.09. The van der Waals surface area contributed by atoms with Gasteiger partial charge in [-0.15, -0.1) is 0 Å². The van der Waals surface area contributed by atoms with Crippen molar-refractivity contribution in [3.05, 3.63) is 279 Å². The lowest BCUT2D eigenvalue weighted by molar-refractivity contribution is 0.670. The lowest BCUT2D eigenvalue weighted by Crippen LogP contribution is -2.12. The molecule has 3 nitrogen and oxygen atoms in total. The molecule has 0 saturated heterocycles. The van der Waals surface area contributed by atoms with Crippen molar-refractivity contribution in [1.29, 1.82) is 0 Å². The van der Waals surface area contributed by atoms with Gasteiger partial charge in [0.2, 0.25) is 0 Å². The number of furan rings is 1. The summed E-state index contributed by atoms with van der Waals surface area (Å²) in [5.41, 5.74) is 19.7. The van der Waals surface area contributed by atoms with Crippen LogP contribution in [0.25, 0.3) is 77.6 Å². The Morgan fingerprint density at radius 1 is 0.232 bits per heavy atom. The Morgan fingerprint density at radius 2 is 0.623 bits per heavy atom. The maximum atomic E-state index is 6.47. The molecular weight excluding hydrogens is 837 g/mol. The maximum Gasteiger partial charge on any atom is 0.143 e. The van der Waals surface area contributed by atoms with E-state index in [2.05, 4.69) is 277 Å². The molecule has 0 amide bonds. The van der Waals surface area contributed by atoms with E-state index in [1.54, 1.807) is 0 Å². The van der Waals surface area contributed by atoms with Gasteiger partial charge in [-0.25, -0.2) is 0 Å². The summed E-state index contributed by atoms with van der Waals surface area (Å²) in [5, 5.41) is 2.25. The van der Waals surface area contributed by atoms with Gasteiger partial charge in [-0.3, -0.25) is 0 Å². The van der Waals surface area contributed by atoms with Crippen LogP contribution in [0.3, 0.4) is 0 Å². The Labute approximate surface area is 403 Å². The van der Waals surface area contributed by atoms with Gasteiger partial charge in [0, 0.05) is 50.3 Å². The van der Waals surface area contributed by atoms with Crippen LogP contribution in [0.1, 0.15) is 0 Å². The zero-order valence-electron chi connectivity index (χ0n) is 37.9. The molecule has 3 heteroatoms. The molecule has 0 spiro atoms. The highest BCUT2D eigenvalue weighted by atomic mass is 16.3. The molecule has 0 unspecified atom stereocenters. The first kappa shape index (κ1) is 41.3. The number of rotatable bonds is 11. The molecule has 1 aromatic heterocycles. The van der Waals surface area contributed by atoms with Gasteiger partial charge >= 0.3 is 0 Å². The molecule has 326 valence electrons. The van der Waals surface area contributed by atoms with Crippen molar-refractivity contribution in [2.24, 2.45) is 0 Å². The Morgan fingerprint density at radius 3 is 1.17 bits per heavy atom. The first-order valence-electron chi connectivity index (χ1n) is 23.5. The van der Waals surface area contributed by atoms with Gasteiger partial charge in [0.1, 0.15) is 11.2 Å². The Bertz CT molecular complexity index is 3590. The lowest BCUT2D eigenvalue weighted by atomic mass is 9.99. The first-order valence-corrected chi connectivity index (χ1v) is 23.5. The smallest absolute Gasteiger partial charge is 0.143 e. The maximum absolute atomic E-state index is 6.47. The van der Waals surface area contributed by atoms with Gasteiger partial charge in [-0.05, 0) is 117 Å². The van der Waals surface area contributed by atoms with Crippen LogP contribution in [0.15, 0.2) is 283 Å². The summed E-state index contributed by atoms with van der Waals surface area (Å²) in [6.45, 7) is 0. The summed E-state index contributed by atoms with van der Waals surface area (Å²) in [5.74, 6) is 0. The van der Waals surface area contributed by atoms with Crippen molar-refractivity contribution in [2.75, 3.05) is 9.80 Å². The van der Waals surface area contributed by atoms with Crippen LogP contribution in [0.5, 0.6) is 0 Å². The Kier molecular flexibility index (Phi) is 10.9. The molecule has 0 bridgehead atoms. The second kappa shape index (κ2) is 18.2. The molecule has 12 aromatic rings. The molecule has 0 atom stereocenters. The number of nitrogens with zero attached hydrogens (tertiary/aromatic N) is 2. The van der Waals surface area contributed by atoms with E-state index in [1.165, 1.54) is 33.4 Å². The third-order valence-electron chi connectivity index (χ3n) is 13.1. The van der Waals surface area contributed by atoms with E-state index in [0.29, 0.717) is 0 Å². The largest absolute Gasteiger partial charge is 0.455 e. The minimum absolute atomic E-state index is 0.896. The van der Waals surface area contributed by atoms with Crippen molar-refractivity contribution in [3.8, 4) is 55.6 Å². The van der Waals surface area contributed by atoms with Gasteiger partial charge in [0.25, 0.3) is 0 Å². The van der Waals surface area contributed by atoms with Crippen molar-refractivity contribution in [1.82, 2.24) is 0 Å². The number of hydrogen-bond donors (Lipinski definition) is 0. The summed E-state index contributed by atoms with van der Waals surface area (Å²) in [6, 6.07) is 99.7. The zero-order chi connectivity index (χ0) is 45.9. The van der Waals surface area contributed by atoms with Crippen LogP contribution in [0.2, 0.25) is 0 Å². The molecule has 0 saturated carbocycles. The zero-order valence-corrected chi connectivity index (χ0v) is 37.9. The van der Waals surface area contributed by atoms with Gasteiger partial charge in [0.15, 0.2) is 0 Å². The number of fused-ring (bicyclic) bond motifs is 3. The molecular formula is C66H46N2O. The summed E-state index contributed by atoms with van der Waals surface area (Å²) >= 11 is 0. The van der Waals surface area contributed by atoms with E-state index in [9.17, 15) is 0 Å². The van der Waals surface area contributed by atoms with Gasteiger partial charge in [-0.1, -0.05) is 206 Å². The Balaban J connectivity index is 0.960. The van der Waals surface area contributed by atoms with Crippen molar-refractivity contribution in [3.63, 3.8) is 0 Å². The molecule has 0 aliphatic carbocycles. The minimum Gasteiger partial charge on any atom is -0.455 e. The van der Waals surface area contributed by atoms with E-state index in [-0.39, 0.29) is 0 Å². The quantitative estimate of drug-likeness (QED) is 0.129. The lowest BCUT2D eigenvalue weighted by Gasteiger charge is -2.29. The fourth-order valence-corrected chi connectivity index (χ4v) is 9.66. The molecule has 12 rings (SSSR count). The summed E-state index contributed by atoms with van der Waals surface area (Å²) in [6.07, 6.45) is 0. The predicted molar refractivity (Wildman–Crippen MR) is 290 cm³/mol. The SMILES string of the molecule is c1ccc(-c2ccc(N(c3ccc(-c4cccc5c4oc4ccccc45)cc3)c3cccc(-c4ccccc4N(c4ccc(-c5ccccc5)cc4)c4ccc(-c5ccccc5)cc4)c3)cc2)cc1. The second-order valence-corrected chi connectivity index (χ2v) is 17.3. The van der Waals surface area contributed by atoms with Crippen LogP contribution in [0.4, 0.5) is 34.1 Å². The standard InChI is InChI=1S/C66H46N2O/c1-4-16-47(17-5-1)50-30-38-55(39-31-50)67(56-44-36-53(37-45-56)61-26-15-27-63-62-25-11-13-29-65(62)69-66(61)63)59-23-14-22-54(46-59)60-24-10-12-28-64(60)68(57-40-32-51(33-41-57)48-18-6-2-7-19-48)58-42-34-52(35-43-58)49-20-8-3-9-21-49/h1-46H. The van der Waals surface area contributed by atoms with Crippen LogP contribution in [-0.2, 0) is 0 Å². The molecule has 0 aliphatic rings. The summed E-state index contributed by atoms with van der Waals surface area (Å²) in [7, 11) is 0. The van der Waals surface area contributed by atoms with E-state index >= 15 is 0 Å². The number of hydrogen-bond acceptors (Lipinski definition) is 3. The number of benzene rings is 11. The average Bonchev–Trinajstić information content (AvgIpc) is 3.82. The van der Waals surface area contributed by atoms with Gasteiger partial charge in [0.05, 0.1) is 5.69 Å². The van der Waals surface area contributed by atoms with Crippen LogP contribution >= 0.6 is 0 Å². The van der Waals surface area contributed by atoms with Crippen molar-refractivity contribution in [2.45, 2.75) is 0 Å². The van der Waals surface area contributed by atoms with E-state index in [0.717, 1.165) is 78.3 Å². The molecule has 1 heterocycles. The fourth-order valence-electron chi connectivity index (χ4n) is 9.66. The molecule has 11 aromatic carbocycles. The summed E-state index contributed by atoms with van der Waals surface area (Å²) in [4.78, 5) is 4.74. The average molecular weight is 883 g/mol. The molecule has 69 heavy (non-hydrogen) atoms. The third-order valence-corrected chi connectivity index (χ3v) is 13.1. The van der Waals surface area contributed by atoms with Crippen LogP contribution in [0, 0.1) is 0 Å².